The average Bonchev–Trinajstić information content (AvgIpc) is 3.16. The number of halogens is 1. The first-order valence-electron chi connectivity index (χ1n) is 7.16. The number of furan rings is 1. The van der Waals surface area contributed by atoms with E-state index in [4.69, 9.17) is 4.42 Å². The number of aromatic nitrogens is 2. The van der Waals surface area contributed by atoms with Crippen LogP contribution in [-0.2, 0) is 6.54 Å². The van der Waals surface area contributed by atoms with Crippen molar-refractivity contribution in [3.05, 3.63) is 53.2 Å². The van der Waals surface area contributed by atoms with Gasteiger partial charge in [-0.2, -0.15) is 0 Å². The summed E-state index contributed by atoms with van der Waals surface area (Å²) in [6.45, 7) is 1.54. The maximum atomic E-state index is 12.1. The number of imidazole rings is 1. The molecule has 0 aliphatic heterocycles. The second kappa shape index (κ2) is 6.79. The van der Waals surface area contributed by atoms with Crippen LogP contribution in [0.1, 0.15) is 23.4 Å². The van der Waals surface area contributed by atoms with Crippen LogP contribution in [0.25, 0.3) is 11.0 Å². The fraction of sp³-hybridized carbons (Fsp3) is 0.250. The van der Waals surface area contributed by atoms with Crippen molar-refractivity contribution < 1.29 is 9.21 Å². The number of fused-ring (bicyclic) bond motifs is 1. The maximum absolute atomic E-state index is 12.1. The lowest BCUT2D eigenvalue weighted by Gasteiger charge is -2.04. The highest BCUT2D eigenvalue weighted by Crippen LogP contribution is 2.26. The van der Waals surface area contributed by atoms with Crippen LogP contribution < -0.4 is 5.32 Å². The highest BCUT2D eigenvalue weighted by molar-refractivity contribution is 9.10. The molecule has 6 heteroatoms. The fourth-order valence-corrected chi connectivity index (χ4v) is 2.73. The quantitative estimate of drug-likeness (QED) is 0.682. The van der Waals surface area contributed by atoms with Gasteiger partial charge in [0, 0.05) is 30.9 Å². The average molecular weight is 362 g/mol. The number of carbonyl (C=O) groups is 1. The summed E-state index contributed by atoms with van der Waals surface area (Å²) in [5, 5.41) is 3.80. The summed E-state index contributed by atoms with van der Waals surface area (Å²) in [6, 6.07) is 7.50. The van der Waals surface area contributed by atoms with Crippen LogP contribution in [0.2, 0.25) is 0 Å². The van der Waals surface area contributed by atoms with Crippen molar-refractivity contribution in [3.63, 3.8) is 0 Å². The Morgan fingerprint density at radius 2 is 2.27 bits per heavy atom. The Balaban J connectivity index is 1.49. The van der Waals surface area contributed by atoms with Crippen LogP contribution in [-0.4, -0.2) is 22.0 Å². The number of para-hydroxylation sites is 1. The van der Waals surface area contributed by atoms with E-state index >= 15 is 0 Å². The zero-order valence-electron chi connectivity index (χ0n) is 12.0. The molecule has 0 aliphatic carbocycles. The van der Waals surface area contributed by atoms with E-state index in [-0.39, 0.29) is 5.91 Å². The van der Waals surface area contributed by atoms with E-state index in [9.17, 15) is 4.79 Å². The van der Waals surface area contributed by atoms with Crippen LogP contribution in [0.5, 0.6) is 0 Å². The first-order chi connectivity index (χ1) is 10.7. The summed E-state index contributed by atoms with van der Waals surface area (Å²) in [5.41, 5.74) is 0.702. The summed E-state index contributed by atoms with van der Waals surface area (Å²) >= 11 is 3.42. The molecule has 0 spiro atoms. The van der Waals surface area contributed by atoms with Gasteiger partial charge in [0.05, 0.1) is 10.8 Å². The molecule has 0 radical (unpaired) electrons. The van der Waals surface area contributed by atoms with E-state index in [1.807, 2.05) is 29.0 Å². The Bertz CT molecular complexity index is 765. The van der Waals surface area contributed by atoms with E-state index in [1.165, 1.54) is 0 Å². The van der Waals surface area contributed by atoms with Crippen LogP contribution in [0.15, 0.2) is 51.9 Å². The van der Waals surface area contributed by atoms with Crippen LogP contribution in [0.3, 0.4) is 0 Å². The Hall–Kier alpha value is -2.08. The minimum atomic E-state index is -0.175. The summed E-state index contributed by atoms with van der Waals surface area (Å²) in [6.07, 6.45) is 7.40. The topological polar surface area (TPSA) is 60.1 Å². The molecule has 2 heterocycles. The molecule has 0 unspecified atom stereocenters. The van der Waals surface area contributed by atoms with Gasteiger partial charge in [-0.15, -0.1) is 0 Å². The van der Waals surface area contributed by atoms with Crippen molar-refractivity contribution >= 4 is 32.8 Å². The first kappa shape index (κ1) is 14.8. The molecular weight excluding hydrogens is 346 g/mol. The van der Waals surface area contributed by atoms with Gasteiger partial charge in [0.2, 0.25) is 0 Å². The van der Waals surface area contributed by atoms with Gasteiger partial charge >= 0.3 is 0 Å². The summed E-state index contributed by atoms with van der Waals surface area (Å²) in [7, 11) is 0. The largest absolute Gasteiger partial charge is 0.450 e. The number of rotatable bonds is 6. The molecule has 22 heavy (non-hydrogen) atoms. The van der Waals surface area contributed by atoms with Gasteiger partial charge in [0.15, 0.2) is 5.76 Å². The second-order valence-electron chi connectivity index (χ2n) is 5.03. The normalized spacial score (nSPS) is 11.0. The zero-order chi connectivity index (χ0) is 15.4. The maximum Gasteiger partial charge on any atom is 0.287 e. The third-order valence-electron chi connectivity index (χ3n) is 3.41. The molecule has 0 saturated heterocycles. The Morgan fingerprint density at radius 3 is 3.05 bits per heavy atom. The highest BCUT2D eigenvalue weighted by atomic mass is 79.9. The minimum Gasteiger partial charge on any atom is -0.450 e. The molecule has 1 amide bonds. The SMILES string of the molecule is O=C(NCCCCn1ccnc1)c1cc2cccc(Br)c2o1. The molecule has 1 aromatic carbocycles. The van der Waals surface area contributed by atoms with Crippen molar-refractivity contribution in [2.45, 2.75) is 19.4 Å². The Morgan fingerprint density at radius 1 is 1.36 bits per heavy atom. The molecule has 2 aromatic heterocycles. The lowest BCUT2D eigenvalue weighted by Crippen LogP contribution is -2.24. The third-order valence-corrected chi connectivity index (χ3v) is 4.03. The summed E-state index contributed by atoms with van der Waals surface area (Å²) < 4.78 is 8.48. The third kappa shape index (κ3) is 3.39. The van der Waals surface area contributed by atoms with Crippen LogP contribution >= 0.6 is 15.9 Å². The van der Waals surface area contributed by atoms with Gasteiger partial charge in [-0.1, -0.05) is 12.1 Å². The van der Waals surface area contributed by atoms with E-state index in [0.717, 1.165) is 29.2 Å². The van der Waals surface area contributed by atoms with E-state index in [0.29, 0.717) is 17.9 Å². The van der Waals surface area contributed by atoms with Crippen molar-refractivity contribution in [2.75, 3.05) is 6.54 Å². The van der Waals surface area contributed by atoms with Gasteiger partial charge in [0.1, 0.15) is 5.58 Å². The monoisotopic (exact) mass is 361 g/mol. The predicted octanol–water partition coefficient (Wildman–Crippen LogP) is 3.60. The molecule has 3 aromatic rings. The van der Waals surface area contributed by atoms with E-state index < -0.39 is 0 Å². The number of carbonyl (C=O) groups excluding carboxylic acids is 1. The number of nitrogens with one attached hydrogen (secondary N) is 1. The molecule has 3 rings (SSSR count). The number of unbranched alkanes of at least 4 members (excludes halogenated alkanes) is 1. The van der Waals surface area contributed by atoms with E-state index in [2.05, 4.69) is 26.2 Å². The van der Waals surface area contributed by atoms with Crippen molar-refractivity contribution in [2.24, 2.45) is 0 Å². The standard InChI is InChI=1S/C16H16BrN3O2/c17-13-5-3-4-12-10-14(22-15(12)13)16(21)19-6-1-2-8-20-9-7-18-11-20/h3-5,7,9-11H,1-2,6,8H2,(H,19,21). The number of hydrogen-bond donors (Lipinski definition) is 1. The minimum absolute atomic E-state index is 0.175. The van der Waals surface area contributed by atoms with Crippen molar-refractivity contribution in [1.82, 2.24) is 14.9 Å². The summed E-state index contributed by atoms with van der Waals surface area (Å²) in [4.78, 5) is 16.1. The lowest BCUT2D eigenvalue weighted by molar-refractivity contribution is 0.0927. The predicted molar refractivity (Wildman–Crippen MR) is 87.7 cm³/mol. The first-order valence-corrected chi connectivity index (χ1v) is 7.95. The number of benzene rings is 1. The smallest absolute Gasteiger partial charge is 0.287 e. The Labute approximate surface area is 136 Å². The molecule has 0 bridgehead atoms. The van der Waals surface area contributed by atoms with Gasteiger partial charge < -0.3 is 14.3 Å². The highest BCUT2D eigenvalue weighted by Gasteiger charge is 2.12. The molecule has 1 N–H and O–H groups in total. The van der Waals surface area contributed by atoms with Crippen LogP contribution in [0, 0.1) is 0 Å². The second-order valence-corrected chi connectivity index (χ2v) is 5.89. The van der Waals surface area contributed by atoms with Gasteiger partial charge in [0.25, 0.3) is 5.91 Å². The molecule has 0 aliphatic rings. The number of aryl methyl sites for hydroxylation is 1. The molecule has 0 atom stereocenters. The zero-order valence-corrected chi connectivity index (χ0v) is 13.5. The molecule has 5 nitrogen and oxygen atoms in total. The number of amides is 1. The van der Waals surface area contributed by atoms with Gasteiger partial charge in [-0.25, -0.2) is 4.98 Å². The van der Waals surface area contributed by atoms with E-state index in [1.54, 1.807) is 18.6 Å². The summed E-state index contributed by atoms with van der Waals surface area (Å²) in [5.74, 6) is 0.169. The van der Waals surface area contributed by atoms with Gasteiger partial charge in [-0.3, -0.25) is 4.79 Å². The molecule has 0 fully saturated rings. The van der Waals surface area contributed by atoms with Gasteiger partial charge in [-0.05, 0) is 40.9 Å². The molecular formula is C16H16BrN3O2. The Kier molecular flexibility index (Phi) is 4.58. The molecule has 114 valence electrons. The van der Waals surface area contributed by atoms with Crippen molar-refractivity contribution in [3.8, 4) is 0 Å². The van der Waals surface area contributed by atoms with Crippen molar-refractivity contribution in [1.29, 1.82) is 0 Å². The lowest BCUT2D eigenvalue weighted by atomic mass is 10.2. The molecule has 0 saturated carbocycles. The number of hydrogen-bond acceptors (Lipinski definition) is 3. The fourth-order valence-electron chi connectivity index (χ4n) is 2.27. The number of nitrogens with zero attached hydrogens (tertiary/aromatic N) is 2. The van der Waals surface area contributed by atoms with Crippen LogP contribution in [0.4, 0.5) is 0 Å².